The zero-order valence-corrected chi connectivity index (χ0v) is 17.9. The van der Waals surface area contributed by atoms with Crippen LogP contribution in [-0.4, -0.2) is 14.8 Å². The zero-order chi connectivity index (χ0) is 22.0. The van der Waals surface area contributed by atoms with Crippen LogP contribution in [0.1, 0.15) is 64.0 Å². The van der Waals surface area contributed by atoms with Gasteiger partial charge in [0.1, 0.15) is 0 Å². The van der Waals surface area contributed by atoms with Gasteiger partial charge in [-0.15, -0.1) is 14.2 Å². The van der Waals surface area contributed by atoms with Crippen LogP contribution >= 0.6 is 0 Å². The number of halogens is 3. The minimum atomic E-state index is -4.58. The Morgan fingerprint density at radius 2 is 1.81 bits per heavy atom. The minimum absolute atomic E-state index is 0.195. The van der Waals surface area contributed by atoms with Crippen LogP contribution in [-0.2, 0) is 18.1 Å². The summed E-state index contributed by atoms with van der Waals surface area (Å²) < 4.78 is 46.5. The standard InChI is InChI=1S/C23H26F3N5/c1-4-7-9-15-12-13-29-18(14-15)16-10-8-11-17-19-27-20(23(24,25)26)28-31(19)22(5-2,6-3)21(29)30(16)17/h8,10-14,21H,4-7,9H2,1-3H3/q+2. The lowest BCUT2D eigenvalue weighted by Crippen LogP contribution is -2.67. The number of aryl methyl sites for hydroxylation is 1. The molecule has 0 amide bonds. The second-order valence-corrected chi connectivity index (χ2v) is 8.45. The molecule has 0 spiro atoms. The first kappa shape index (κ1) is 20.2. The maximum absolute atomic E-state index is 13.5. The lowest BCUT2D eigenvalue weighted by molar-refractivity contribution is -0.921. The molecule has 31 heavy (non-hydrogen) atoms. The number of pyridine rings is 2. The number of aromatic nitrogens is 5. The summed E-state index contributed by atoms with van der Waals surface area (Å²) in [6.07, 6.45) is 1.84. The number of unbranched alkanes of at least 4 members (excludes halogenated alkanes) is 1. The molecule has 0 aromatic carbocycles. The van der Waals surface area contributed by atoms with E-state index in [1.807, 2.05) is 32.0 Å². The summed E-state index contributed by atoms with van der Waals surface area (Å²) in [5.41, 5.74) is 3.39. The Morgan fingerprint density at radius 3 is 2.48 bits per heavy atom. The first-order valence-electron chi connectivity index (χ1n) is 11.0. The fourth-order valence-corrected chi connectivity index (χ4v) is 5.24. The lowest BCUT2D eigenvalue weighted by Gasteiger charge is -2.34. The van der Waals surface area contributed by atoms with Crippen LogP contribution in [0.2, 0.25) is 0 Å². The molecule has 162 valence electrons. The van der Waals surface area contributed by atoms with Gasteiger partial charge in [-0.2, -0.15) is 18.2 Å². The summed E-state index contributed by atoms with van der Waals surface area (Å²) in [6.45, 7) is 6.22. The highest BCUT2D eigenvalue weighted by atomic mass is 19.4. The third kappa shape index (κ3) is 2.69. The summed E-state index contributed by atoms with van der Waals surface area (Å²) >= 11 is 0. The van der Waals surface area contributed by atoms with E-state index in [2.05, 4.69) is 44.5 Å². The molecular formula is C23H26F3N5+2. The molecule has 0 N–H and O–H groups in total. The quantitative estimate of drug-likeness (QED) is 0.563. The fourth-order valence-electron chi connectivity index (χ4n) is 5.24. The molecule has 0 saturated carbocycles. The molecule has 1 atom stereocenters. The molecule has 3 aromatic heterocycles. The van der Waals surface area contributed by atoms with Crippen LogP contribution in [0.4, 0.5) is 13.2 Å². The molecular weight excluding hydrogens is 403 g/mol. The topological polar surface area (TPSA) is 38.5 Å². The van der Waals surface area contributed by atoms with Crippen LogP contribution in [0.5, 0.6) is 0 Å². The van der Waals surface area contributed by atoms with Crippen molar-refractivity contribution in [2.24, 2.45) is 0 Å². The molecule has 0 bridgehead atoms. The maximum Gasteiger partial charge on any atom is 0.453 e. The Hall–Kier alpha value is -2.77. The van der Waals surface area contributed by atoms with E-state index < -0.39 is 17.5 Å². The highest BCUT2D eigenvalue weighted by Crippen LogP contribution is 2.44. The Bertz CT molecular complexity index is 1160. The molecule has 3 aromatic rings. The summed E-state index contributed by atoms with van der Waals surface area (Å²) in [5.74, 6) is -0.791. The number of rotatable bonds is 5. The van der Waals surface area contributed by atoms with Gasteiger partial charge in [0, 0.05) is 24.3 Å². The summed E-state index contributed by atoms with van der Waals surface area (Å²) in [4.78, 5) is 3.98. The average Bonchev–Trinajstić information content (AvgIpc) is 3.36. The highest BCUT2D eigenvalue weighted by molar-refractivity contribution is 5.55. The highest BCUT2D eigenvalue weighted by Gasteiger charge is 2.64. The van der Waals surface area contributed by atoms with Crippen molar-refractivity contribution >= 4 is 0 Å². The van der Waals surface area contributed by atoms with Gasteiger partial charge in [0.2, 0.25) is 5.82 Å². The molecule has 0 aliphatic carbocycles. The molecule has 2 aliphatic heterocycles. The van der Waals surface area contributed by atoms with Crippen molar-refractivity contribution < 1.29 is 22.3 Å². The second-order valence-electron chi connectivity index (χ2n) is 8.45. The van der Waals surface area contributed by atoms with Gasteiger partial charge >= 0.3 is 12.3 Å². The van der Waals surface area contributed by atoms with E-state index in [1.165, 1.54) is 5.56 Å². The van der Waals surface area contributed by atoms with Crippen molar-refractivity contribution in [3.05, 3.63) is 47.9 Å². The molecule has 8 heteroatoms. The molecule has 1 unspecified atom stereocenters. The zero-order valence-electron chi connectivity index (χ0n) is 17.9. The Kier molecular flexibility index (Phi) is 4.46. The number of hydrogen-bond acceptors (Lipinski definition) is 2. The van der Waals surface area contributed by atoms with Crippen molar-refractivity contribution in [1.82, 2.24) is 14.8 Å². The van der Waals surface area contributed by atoms with Gasteiger partial charge in [-0.25, -0.2) is 4.68 Å². The smallest absolute Gasteiger partial charge is 0.219 e. The van der Waals surface area contributed by atoms with Crippen molar-refractivity contribution in [2.75, 3.05) is 0 Å². The monoisotopic (exact) mass is 429 g/mol. The first-order valence-corrected chi connectivity index (χ1v) is 11.0. The molecule has 5 nitrogen and oxygen atoms in total. The number of alkyl halides is 3. The summed E-state index contributed by atoms with van der Waals surface area (Å²) in [7, 11) is 0. The van der Waals surface area contributed by atoms with E-state index in [1.54, 1.807) is 4.68 Å². The molecule has 0 saturated heterocycles. The minimum Gasteiger partial charge on any atom is -0.219 e. The van der Waals surface area contributed by atoms with Gasteiger partial charge in [0.25, 0.3) is 22.9 Å². The van der Waals surface area contributed by atoms with E-state index in [-0.39, 0.29) is 12.0 Å². The van der Waals surface area contributed by atoms with E-state index in [9.17, 15) is 13.2 Å². The Labute approximate surface area is 179 Å². The maximum atomic E-state index is 13.5. The van der Waals surface area contributed by atoms with Gasteiger partial charge in [0.15, 0.2) is 11.7 Å². The van der Waals surface area contributed by atoms with Crippen molar-refractivity contribution in [3.63, 3.8) is 0 Å². The van der Waals surface area contributed by atoms with Crippen molar-refractivity contribution in [1.29, 1.82) is 0 Å². The van der Waals surface area contributed by atoms with Crippen molar-refractivity contribution in [3.8, 4) is 22.9 Å². The van der Waals surface area contributed by atoms with E-state index in [0.29, 0.717) is 18.5 Å². The van der Waals surface area contributed by atoms with Crippen LogP contribution in [0, 0.1) is 0 Å². The third-order valence-corrected chi connectivity index (χ3v) is 6.88. The summed E-state index contributed by atoms with van der Waals surface area (Å²) in [5, 5.41) is 4.02. The fraction of sp³-hybridized carbons (Fsp3) is 0.478. The van der Waals surface area contributed by atoms with E-state index >= 15 is 0 Å². The van der Waals surface area contributed by atoms with Crippen LogP contribution < -0.4 is 9.13 Å². The normalized spacial score (nSPS) is 17.9. The largest absolute Gasteiger partial charge is 0.453 e. The Balaban J connectivity index is 1.79. The number of nitrogens with zero attached hydrogens (tertiary/aromatic N) is 5. The summed E-state index contributed by atoms with van der Waals surface area (Å²) in [6, 6.07) is 10.1. The van der Waals surface area contributed by atoms with Crippen LogP contribution in [0.3, 0.4) is 0 Å². The van der Waals surface area contributed by atoms with E-state index in [0.717, 1.165) is 30.7 Å². The predicted molar refractivity (Wildman–Crippen MR) is 108 cm³/mol. The van der Waals surface area contributed by atoms with Crippen LogP contribution in [0.25, 0.3) is 22.9 Å². The molecule has 5 rings (SSSR count). The number of hydrogen-bond donors (Lipinski definition) is 0. The molecule has 2 aliphatic rings. The first-order chi connectivity index (χ1) is 14.9. The van der Waals surface area contributed by atoms with Crippen LogP contribution in [0.15, 0.2) is 36.5 Å². The molecule has 0 radical (unpaired) electrons. The lowest BCUT2D eigenvalue weighted by atomic mass is 9.87. The van der Waals surface area contributed by atoms with Crippen molar-refractivity contribution in [2.45, 2.75) is 70.8 Å². The average molecular weight is 429 g/mol. The molecule has 5 heterocycles. The SMILES string of the molecule is CCCCc1cc[n+]2c(c1)-c1cccc3[n+]1C2C(CC)(CC)n1nc(C(F)(F)F)nc1-3. The van der Waals surface area contributed by atoms with Gasteiger partial charge < -0.3 is 0 Å². The van der Waals surface area contributed by atoms with Gasteiger partial charge in [0.05, 0.1) is 0 Å². The van der Waals surface area contributed by atoms with E-state index in [4.69, 9.17) is 0 Å². The molecule has 0 fully saturated rings. The Morgan fingerprint density at radius 1 is 1.06 bits per heavy atom. The predicted octanol–water partition coefficient (Wildman–Crippen LogP) is 4.44. The van der Waals surface area contributed by atoms with Gasteiger partial charge in [-0.3, -0.25) is 0 Å². The number of fused-ring (bicyclic) bond motifs is 5. The van der Waals surface area contributed by atoms with Gasteiger partial charge in [-0.05, 0) is 37.3 Å². The third-order valence-electron chi connectivity index (χ3n) is 6.88. The van der Waals surface area contributed by atoms with Gasteiger partial charge in [-0.1, -0.05) is 27.2 Å². The second kappa shape index (κ2) is 6.87.